The maximum atomic E-state index is 5.28. The van der Waals surface area contributed by atoms with Gasteiger partial charge in [-0.3, -0.25) is 0 Å². The maximum absolute atomic E-state index is 5.28. The molecule has 1 aromatic carbocycles. The fourth-order valence-electron chi connectivity index (χ4n) is 1.78. The summed E-state index contributed by atoms with van der Waals surface area (Å²) in [7, 11) is 1.89. The number of hydrogen-bond acceptors (Lipinski definition) is 4. The van der Waals surface area contributed by atoms with Crippen molar-refractivity contribution in [3.63, 3.8) is 0 Å². The molecule has 0 aliphatic heterocycles. The lowest BCUT2D eigenvalue weighted by Gasteiger charge is -2.06. The molecule has 0 saturated carbocycles. The van der Waals surface area contributed by atoms with Crippen LogP contribution in [0.4, 0.5) is 0 Å². The molecule has 2 aromatic rings. The summed E-state index contributed by atoms with van der Waals surface area (Å²) in [4.78, 5) is 4.42. The Kier molecular flexibility index (Phi) is 3.54. The van der Waals surface area contributed by atoms with Gasteiger partial charge in [-0.15, -0.1) is 0 Å². The van der Waals surface area contributed by atoms with Crippen LogP contribution in [0.15, 0.2) is 28.8 Å². The van der Waals surface area contributed by atoms with E-state index in [1.54, 1.807) is 0 Å². The molecule has 1 unspecified atom stereocenters. The Labute approximate surface area is 101 Å². The van der Waals surface area contributed by atoms with E-state index < -0.39 is 0 Å². The quantitative estimate of drug-likeness (QED) is 0.879. The number of nitrogens with zero attached hydrogens (tertiary/aromatic N) is 2. The van der Waals surface area contributed by atoms with Gasteiger partial charge in [-0.05, 0) is 26.5 Å². The highest BCUT2D eigenvalue weighted by molar-refractivity contribution is 5.55. The lowest BCUT2D eigenvalue weighted by molar-refractivity contribution is 0.334. The van der Waals surface area contributed by atoms with Crippen LogP contribution in [0.5, 0.6) is 0 Å². The number of nitrogens with one attached hydrogen (secondary N) is 1. The molecular weight excluding hydrogens is 214 g/mol. The summed E-state index contributed by atoms with van der Waals surface area (Å²) in [6, 6.07) is 8.21. The molecule has 1 N–H and O–H groups in total. The van der Waals surface area contributed by atoms with E-state index in [4.69, 9.17) is 4.52 Å². The van der Waals surface area contributed by atoms with Crippen LogP contribution in [0, 0.1) is 6.92 Å². The molecule has 1 aromatic heterocycles. The molecule has 2 rings (SSSR count). The average Bonchev–Trinajstić information content (AvgIpc) is 2.80. The van der Waals surface area contributed by atoms with Gasteiger partial charge in [-0.2, -0.15) is 4.98 Å². The van der Waals surface area contributed by atoms with E-state index in [0.29, 0.717) is 11.7 Å². The molecule has 0 aliphatic carbocycles. The molecule has 0 spiro atoms. The highest BCUT2D eigenvalue weighted by Gasteiger charge is 2.15. The Bertz CT molecular complexity index is 489. The van der Waals surface area contributed by atoms with Gasteiger partial charge in [0.1, 0.15) is 0 Å². The summed E-state index contributed by atoms with van der Waals surface area (Å²) in [5, 5.41) is 7.17. The van der Waals surface area contributed by atoms with Crippen LogP contribution in [0.3, 0.4) is 0 Å². The van der Waals surface area contributed by atoms with Gasteiger partial charge in [0.15, 0.2) is 0 Å². The van der Waals surface area contributed by atoms with Gasteiger partial charge in [0, 0.05) is 5.56 Å². The third kappa shape index (κ3) is 2.53. The number of rotatable bonds is 4. The van der Waals surface area contributed by atoms with Crippen LogP contribution >= 0.6 is 0 Å². The molecule has 0 saturated heterocycles. The normalized spacial score (nSPS) is 12.6. The van der Waals surface area contributed by atoms with E-state index in [1.165, 1.54) is 5.56 Å². The molecule has 17 heavy (non-hydrogen) atoms. The second kappa shape index (κ2) is 5.10. The smallest absolute Gasteiger partial charge is 0.244 e. The fourth-order valence-corrected chi connectivity index (χ4v) is 1.78. The lowest BCUT2D eigenvalue weighted by atomic mass is 10.1. The highest BCUT2D eigenvalue weighted by atomic mass is 16.5. The molecule has 0 radical (unpaired) electrons. The van der Waals surface area contributed by atoms with Gasteiger partial charge in [0.05, 0.1) is 6.04 Å². The van der Waals surface area contributed by atoms with Crippen molar-refractivity contribution in [2.75, 3.05) is 7.05 Å². The maximum Gasteiger partial charge on any atom is 0.244 e. The predicted octanol–water partition coefficient (Wildman–Crippen LogP) is 2.72. The van der Waals surface area contributed by atoms with E-state index >= 15 is 0 Å². The third-order valence-corrected chi connectivity index (χ3v) is 2.77. The van der Waals surface area contributed by atoms with Crippen LogP contribution in [-0.4, -0.2) is 17.2 Å². The van der Waals surface area contributed by atoms with Crippen molar-refractivity contribution in [2.24, 2.45) is 0 Å². The minimum absolute atomic E-state index is 0.126. The van der Waals surface area contributed by atoms with E-state index in [2.05, 4.69) is 28.4 Å². The van der Waals surface area contributed by atoms with Crippen molar-refractivity contribution in [2.45, 2.75) is 26.3 Å². The molecule has 1 atom stereocenters. The zero-order valence-corrected chi connectivity index (χ0v) is 10.4. The molecule has 0 aliphatic rings. The van der Waals surface area contributed by atoms with E-state index in [9.17, 15) is 0 Å². The SMILES string of the molecule is CCC(NC)c1nc(-c2cccc(C)c2)no1. The first kappa shape index (κ1) is 11.8. The van der Waals surface area contributed by atoms with Crippen molar-refractivity contribution < 1.29 is 4.52 Å². The van der Waals surface area contributed by atoms with Crippen molar-refractivity contribution in [3.05, 3.63) is 35.7 Å². The standard InChI is InChI=1S/C13H17N3O/c1-4-11(14-3)13-15-12(16-17-13)10-7-5-6-9(2)8-10/h5-8,11,14H,4H2,1-3H3. The number of benzene rings is 1. The van der Waals surface area contributed by atoms with Gasteiger partial charge < -0.3 is 9.84 Å². The van der Waals surface area contributed by atoms with E-state index in [-0.39, 0.29) is 6.04 Å². The monoisotopic (exact) mass is 231 g/mol. The van der Waals surface area contributed by atoms with Crippen LogP contribution in [-0.2, 0) is 0 Å². The Hall–Kier alpha value is -1.68. The van der Waals surface area contributed by atoms with Crippen molar-refractivity contribution in [1.29, 1.82) is 0 Å². The van der Waals surface area contributed by atoms with Crippen LogP contribution in [0.1, 0.15) is 30.8 Å². The summed E-state index contributed by atoms with van der Waals surface area (Å²) in [5.74, 6) is 1.30. The molecule has 90 valence electrons. The van der Waals surface area contributed by atoms with Crippen LogP contribution < -0.4 is 5.32 Å². The first-order chi connectivity index (χ1) is 8.24. The third-order valence-electron chi connectivity index (χ3n) is 2.77. The summed E-state index contributed by atoms with van der Waals surface area (Å²) in [6.45, 7) is 4.13. The first-order valence-corrected chi connectivity index (χ1v) is 5.82. The summed E-state index contributed by atoms with van der Waals surface area (Å²) in [6.07, 6.45) is 0.923. The minimum Gasteiger partial charge on any atom is -0.337 e. The summed E-state index contributed by atoms with van der Waals surface area (Å²) < 4.78 is 5.28. The lowest BCUT2D eigenvalue weighted by Crippen LogP contribution is -2.15. The molecule has 4 nitrogen and oxygen atoms in total. The second-order valence-corrected chi connectivity index (χ2v) is 4.08. The van der Waals surface area contributed by atoms with Gasteiger partial charge in [-0.1, -0.05) is 35.8 Å². The Morgan fingerprint density at radius 3 is 2.88 bits per heavy atom. The van der Waals surface area contributed by atoms with Gasteiger partial charge >= 0.3 is 0 Å². The van der Waals surface area contributed by atoms with E-state index in [0.717, 1.165) is 12.0 Å². The Morgan fingerprint density at radius 2 is 2.24 bits per heavy atom. The molecular formula is C13H17N3O. The number of aromatic nitrogens is 2. The molecule has 0 amide bonds. The van der Waals surface area contributed by atoms with Gasteiger partial charge in [0.2, 0.25) is 11.7 Å². The predicted molar refractivity (Wildman–Crippen MR) is 66.6 cm³/mol. The van der Waals surface area contributed by atoms with Crippen molar-refractivity contribution in [3.8, 4) is 11.4 Å². The largest absolute Gasteiger partial charge is 0.337 e. The van der Waals surface area contributed by atoms with Gasteiger partial charge in [-0.25, -0.2) is 0 Å². The highest BCUT2D eigenvalue weighted by Crippen LogP contribution is 2.20. The Balaban J connectivity index is 2.29. The van der Waals surface area contributed by atoms with Gasteiger partial charge in [0.25, 0.3) is 0 Å². The second-order valence-electron chi connectivity index (χ2n) is 4.08. The number of aryl methyl sites for hydroxylation is 1. The zero-order valence-electron chi connectivity index (χ0n) is 10.4. The topological polar surface area (TPSA) is 51.0 Å². The Morgan fingerprint density at radius 1 is 1.41 bits per heavy atom. The summed E-state index contributed by atoms with van der Waals surface area (Å²) in [5.41, 5.74) is 2.18. The van der Waals surface area contributed by atoms with Crippen molar-refractivity contribution >= 4 is 0 Å². The molecule has 1 heterocycles. The first-order valence-electron chi connectivity index (χ1n) is 5.82. The fraction of sp³-hybridized carbons (Fsp3) is 0.385. The average molecular weight is 231 g/mol. The zero-order chi connectivity index (χ0) is 12.3. The van der Waals surface area contributed by atoms with Crippen LogP contribution in [0.25, 0.3) is 11.4 Å². The molecule has 0 bridgehead atoms. The number of hydrogen-bond donors (Lipinski definition) is 1. The molecule has 4 heteroatoms. The molecule has 0 fully saturated rings. The minimum atomic E-state index is 0.126. The summed E-state index contributed by atoms with van der Waals surface area (Å²) >= 11 is 0. The van der Waals surface area contributed by atoms with E-state index in [1.807, 2.05) is 32.2 Å². The van der Waals surface area contributed by atoms with Crippen LogP contribution in [0.2, 0.25) is 0 Å². The van der Waals surface area contributed by atoms with Crippen molar-refractivity contribution in [1.82, 2.24) is 15.5 Å².